The summed E-state index contributed by atoms with van der Waals surface area (Å²) in [5.41, 5.74) is 5.12. The summed E-state index contributed by atoms with van der Waals surface area (Å²) in [7, 11) is 0. The first kappa shape index (κ1) is 16.6. The van der Waals surface area contributed by atoms with Gasteiger partial charge in [-0.05, 0) is 35.8 Å². The minimum Gasteiger partial charge on any atom is -0.459 e. The molecule has 1 aromatic carbocycles. The van der Waals surface area contributed by atoms with Gasteiger partial charge in [-0.25, -0.2) is 4.98 Å². The number of aromatic nitrogens is 2. The van der Waals surface area contributed by atoms with Gasteiger partial charge in [-0.3, -0.25) is 4.79 Å². The second-order valence-electron chi connectivity index (χ2n) is 6.86. The first-order chi connectivity index (χ1) is 13.8. The lowest BCUT2D eigenvalue weighted by Gasteiger charge is -2.26. The van der Waals surface area contributed by atoms with Crippen LogP contribution in [0, 0.1) is 0 Å². The quantitative estimate of drug-likeness (QED) is 0.567. The van der Waals surface area contributed by atoms with Crippen molar-refractivity contribution in [2.45, 2.75) is 6.42 Å². The summed E-state index contributed by atoms with van der Waals surface area (Å²) in [5, 5.41) is 1.12. The Morgan fingerprint density at radius 2 is 1.96 bits per heavy atom. The summed E-state index contributed by atoms with van der Waals surface area (Å²) in [6, 6.07) is 15.7. The fraction of sp³-hybridized carbons (Fsp3) is 0.130. The smallest absolute Gasteiger partial charge is 0.290 e. The van der Waals surface area contributed by atoms with E-state index in [-0.39, 0.29) is 5.91 Å². The van der Waals surface area contributed by atoms with Crippen LogP contribution in [-0.4, -0.2) is 33.9 Å². The van der Waals surface area contributed by atoms with Crippen molar-refractivity contribution < 1.29 is 9.21 Å². The first-order valence-electron chi connectivity index (χ1n) is 9.35. The molecule has 4 heterocycles. The number of hydrogen-bond acceptors (Lipinski definition) is 3. The number of carbonyl (C=O) groups excluding carboxylic acids is 1. The van der Waals surface area contributed by atoms with Crippen molar-refractivity contribution in [3.8, 4) is 11.1 Å². The van der Waals surface area contributed by atoms with Crippen molar-refractivity contribution in [2.24, 2.45) is 0 Å². The number of carbonyl (C=O) groups is 1. The van der Waals surface area contributed by atoms with Crippen LogP contribution in [0.15, 0.2) is 77.7 Å². The highest BCUT2D eigenvalue weighted by Crippen LogP contribution is 2.30. The minimum absolute atomic E-state index is 0.0697. The Morgan fingerprint density at radius 3 is 2.79 bits per heavy atom. The lowest BCUT2D eigenvalue weighted by molar-refractivity contribution is 0.0742. The summed E-state index contributed by atoms with van der Waals surface area (Å²) in [5.74, 6) is 0.332. The molecular weight excluding hydrogens is 350 g/mol. The molecule has 28 heavy (non-hydrogen) atoms. The number of furan rings is 1. The summed E-state index contributed by atoms with van der Waals surface area (Å²) in [6.07, 6.45) is 8.30. The Bertz CT molecular complexity index is 1170. The van der Waals surface area contributed by atoms with Crippen LogP contribution in [0.4, 0.5) is 0 Å². The highest BCUT2D eigenvalue weighted by molar-refractivity contribution is 5.99. The largest absolute Gasteiger partial charge is 0.459 e. The molecule has 5 heteroatoms. The number of H-pyrrole nitrogens is 1. The molecule has 5 rings (SSSR count). The highest BCUT2D eigenvalue weighted by Gasteiger charge is 2.25. The average molecular weight is 369 g/mol. The van der Waals surface area contributed by atoms with Crippen LogP contribution in [0.25, 0.3) is 27.7 Å². The van der Waals surface area contributed by atoms with Crippen molar-refractivity contribution in [3.05, 3.63) is 84.6 Å². The molecule has 5 nitrogen and oxygen atoms in total. The molecule has 0 bridgehead atoms. The number of rotatable bonds is 3. The summed E-state index contributed by atoms with van der Waals surface area (Å²) < 4.78 is 5.57. The van der Waals surface area contributed by atoms with Gasteiger partial charge >= 0.3 is 0 Å². The van der Waals surface area contributed by atoms with Crippen LogP contribution in [0.5, 0.6) is 0 Å². The summed E-state index contributed by atoms with van der Waals surface area (Å²) in [6.45, 7) is 1.22. The van der Waals surface area contributed by atoms with Crippen molar-refractivity contribution in [3.63, 3.8) is 0 Å². The van der Waals surface area contributed by atoms with E-state index in [0.29, 0.717) is 18.8 Å². The third-order valence-electron chi connectivity index (χ3n) is 5.24. The van der Waals surface area contributed by atoms with Crippen LogP contribution >= 0.6 is 0 Å². The van der Waals surface area contributed by atoms with Crippen LogP contribution in [0.1, 0.15) is 22.5 Å². The predicted octanol–water partition coefficient (Wildman–Crippen LogP) is 4.75. The summed E-state index contributed by atoms with van der Waals surface area (Å²) >= 11 is 0. The Kier molecular flexibility index (Phi) is 4.05. The summed E-state index contributed by atoms with van der Waals surface area (Å²) in [4.78, 5) is 22.5. The van der Waals surface area contributed by atoms with E-state index in [1.54, 1.807) is 12.5 Å². The molecule has 1 aliphatic heterocycles. The third-order valence-corrected chi connectivity index (χ3v) is 5.24. The SMILES string of the molecule is O=C(c1occc1-c1ccccc1)N1CC=C(c2c[nH]c3ncccc23)CC1. The zero-order valence-corrected chi connectivity index (χ0v) is 15.3. The van der Waals surface area contributed by atoms with E-state index in [4.69, 9.17) is 4.42 Å². The second kappa shape index (κ2) is 6.85. The molecule has 4 aromatic rings. The van der Waals surface area contributed by atoms with Crippen LogP contribution in [-0.2, 0) is 0 Å². The number of hydrogen-bond donors (Lipinski definition) is 1. The highest BCUT2D eigenvalue weighted by atomic mass is 16.3. The van der Waals surface area contributed by atoms with E-state index < -0.39 is 0 Å². The molecule has 0 radical (unpaired) electrons. The van der Waals surface area contributed by atoms with Crippen molar-refractivity contribution in [1.82, 2.24) is 14.9 Å². The topological polar surface area (TPSA) is 62.1 Å². The van der Waals surface area contributed by atoms with Gasteiger partial charge < -0.3 is 14.3 Å². The van der Waals surface area contributed by atoms with Gasteiger partial charge in [0.05, 0.1) is 6.26 Å². The van der Waals surface area contributed by atoms with Crippen LogP contribution in [0.2, 0.25) is 0 Å². The molecule has 0 spiro atoms. The lowest BCUT2D eigenvalue weighted by atomic mass is 9.99. The van der Waals surface area contributed by atoms with E-state index in [1.165, 1.54) is 5.57 Å². The molecule has 1 amide bonds. The van der Waals surface area contributed by atoms with Crippen LogP contribution in [0.3, 0.4) is 0 Å². The van der Waals surface area contributed by atoms with E-state index in [9.17, 15) is 4.79 Å². The standard InChI is InChI=1S/C23H19N3O2/c27-23(21-18(10-14-28-21)16-5-2-1-3-6-16)26-12-8-17(9-13-26)20-15-25-22-19(20)7-4-11-24-22/h1-8,10-11,14-15H,9,12-13H2,(H,24,25). The minimum atomic E-state index is -0.0697. The fourth-order valence-corrected chi connectivity index (χ4v) is 3.78. The number of nitrogens with one attached hydrogen (secondary N) is 1. The molecule has 0 aliphatic carbocycles. The Balaban J connectivity index is 1.39. The van der Waals surface area contributed by atoms with Gasteiger partial charge in [-0.2, -0.15) is 0 Å². The Hall–Kier alpha value is -3.60. The van der Waals surface area contributed by atoms with Gasteiger partial charge in [-0.1, -0.05) is 36.4 Å². The normalized spacial score (nSPS) is 14.3. The van der Waals surface area contributed by atoms with Gasteiger partial charge in [0.2, 0.25) is 0 Å². The molecule has 1 aliphatic rings. The number of amides is 1. The number of pyridine rings is 1. The third kappa shape index (κ3) is 2.81. The molecule has 138 valence electrons. The molecule has 0 fully saturated rings. The maximum atomic E-state index is 13.0. The maximum Gasteiger partial charge on any atom is 0.290 e. The number of benzene rings is 1. The van der Waals surface area contributed by atoms with Crippen molar-refractivity contribution in [2.75, 3.05) is 13.1 Å². The van der Waals surface area contributed by atoms with E-state index in [0.717, 1.165) is 34.1 Å². The van der Waals surface area contributed by atoms with E-state index >= 15 is 0 Å². The Morgan fingerprint density at radius 1 is 1.07 bits per heavy atom. The molecule has 0 unspecified atom stereocenters. The zero-order chi connectivity index (χ0) is 18.9. The Labute approximate surface area is 162 Å². The molecular formula is C23H19N3O2. The van der Waals surface area contributed by atoms with E-state index in [1.807, 2.05) is 53.6 Å². The molecule has 0 saturated heterocycles. The van der Waals surface area contributed by atoms with Crippen molar-refractivity contribution >= 4 is 22.5 Å². The predicted molar refractivity (Wildman–Crippen MR) is 109 cm³/mol. The number of aromatic amines is 1. The molecule has 3 aromatic heterocycles. The molecule has 0 saturated carbocycles. The zero-order valence-electron chi connectivity index (χ0n) is 15.3. The number of fused-ring (bicyclic) bond motifs is 1. The maximum absolute atomic E-state index is 13.0. The lowest BCUT2D eigenvalue weighted by Crippen LogP contribution is -2.34. The fourth-order valence-electron chi connectivity index (χ4n) is 3.78. The second-order valence-corrected chi connectivity index (χ2v) is 6.86. The first-order valence-corrected chi connectivity index (χ1v) is 9.35. The monoisotopic (exact) mass is 369 g/mol. The van der Waals surface area contributed by atoms with Gasteiger partial charge in [0.15, 0.2) is 5.76 Å². The van der Waals surface area contributed by atoms with Crippen molar-refractivity contribution in [1.29, 1.82) is 0 Å². The van der Waals surface area contributed by atoms with Gasteiger partial charge in [-0.15, -0.1) is 0 Å². The average Bonchev–Trinajstić information content (AvgIpc) is 3.41. The van der Waals surface area contributed by atoms with Gasteiger partial charge in [0.25, 0.3) is 5.91 Å². The van der Waals surface area contributed by atoms with Gasteiger partial charge in [0.1, 0.15) is 5.65 Å². The molecule has 0 atom stereocenters. The van der Waals surface area contributed by atoms with Crippen LogP contribution < -0.4 is 0 Å². The molecule has 1 N–H and O–H groups in total. The number of nitrogens with zero attached hydrogens (tertiary/aromatic N) is 2. The van der Waals surface area contributed by atoms with E-state index in [2.05, 4.69) is 22.1 Å². The van der Waals surface area contributed by atoms with Gasteiger partial charge in [0, 0.05) is 42.0 Å².